The van der Waals surface area contributed by atoms with Crippen LogP contribution in [-0.2, 0) is 4.79 Å². The zero-order chi connectivity index (χ0) is 19.0. The molecule has 26 heavy (non-hydrogen) atoms. The largest absolute Gasteiger partial charge is 0.303 e. The number of allylic oxidation sites excluding steroid dienone is 2. The summed E-state index contributed by atoms with van der Waals surface area (Å²) in [6, 6.07) is 0. The van der Waals surface area contributed by atoms with Gasteiger partial charge in [0.05, 0.1) is 0 Å². The van der Waals surface area contributed by atoms with Crippen LogP contribution in [0.2, 0.25) is 0 Å². The standard InChI is InChI=1S/C25H48O/c1-2-3-4-5-6-7-8-9-10-11-12-13-14-15-16-17-18-19-20-21-22-23-24-25-26/h8-9,25H,2-7,10-24H2,1H3/b9-8-. The molecular weight excluding hydrogens is 316 g/mol. The molecule has 1 heteroatoms. The number of carbonyl (C=O) groups is 1. The summed E-state index contributed by atoms with van der Waals surface area (Å²) in [5.74, 6) is 0. The third kappa shape index (κ3) is 23.4. The van der Waals surface area contributed by atoms with Crippen molar-refractivity contribution in [3.8, 4) is 0 Å². The first-order chi connectivity index (χ1) is 12.9. The van der Waals surface area contributed by atoms with Crippen LogP contribution in [0.1, 0.15) is 142 Å². The monoisotopic (exact) mass is 364 g/mol. The minimum absolute atomic E-state index is 0.759. The van der Waals surface area contributed by atoms with E-state index < -0.39 is 0 Å². The molecule has 0 heterocycles. The number of aldehydes is 1. The fourth-order valence-electron chi connectivity index (χ4n) is 3.54. The SMILES string of the molecule is CCCCCCC/C=C\CCCCCCCCCCCCCCCC=O. The molecule has 0 aromatic heterocycles. The van der Waals surface area contributed by atoms with Crippen molar-refractivity contribution in [1.82, 2.24) is 0 Å². The van der Waals surface area contributed by atoms with Gasteiger partial charge in [-0.1, -0.05) is 115 Å². The first kappa shape index (κ1) is 25.4. The molecule has 0 aromatic rings. The van der Waals surface area contributed by atoms with Crippen molar-refractivity contribution in [3.63, 3.8) is 0 Å². The zero-order valence-corrected chi connectivity index (χ0v) is 18.0. The first-order valence-electron chi connectivity index (χ1n) is 12.0. The van der Waals surface area contributed by atoms with E-state index in [4.69, 9.17) is 0 Å². The molecule has 0 aromatic carbocycles. The van der Waals surface area contributed by atoms with Gasteiger partial charge in [-0.05, 0) is 32.1 Å². The summed E-state index contributed by atoms with van der Waals surface area (Å²) in [4.78, 5) is 10.2. The highest BCUT2D eigenvalue weighted by molar-refractivity contribution is 5.48. The smallest absolute Gasteiger partial charge is 0.119 e. The van der Waals surface area contributed by atoms with Crippen LogP contribution >= 0.6 is 0 Å². The molecule has 0 radical (unpaired) electrons. The molecule has 0 aliphatic heterocycles. The number of carbonyl (C=O) groups excluding carboxylic acids is 1. The molecule has 0 unspecified atom stereocenters. The topological polar surface area (TPSA) is 17.1 Å². The maximum atomic E-state index is 10.2. The Morgan fingerprint density at radius 3 is 1.08 bits per heavy atom. The molecule has 0 fully saturated rings. The van der Waals surface area contributed by atoms with E-state index >= 15 is 0 Å². The molecule has 0 aliphatic rings. The fourth-order valence-corrected chi connectivity index (χ4v) is 3.54. The van der Waals surface area contributed by atoms with Gasteiger partial charge in [0.25, 0.3) is 0 Å². The zero-order valence-electron chi connectivity index (χ0n) is 18.0. The Kier molecular flexibility index (Phi) is 23.9. The van der Waals surface area contributed by atoms with Gasteiger partial charge < -0.3 is 4.79 Å². The Balaban J connectivity index is 3.03. The summed E-state index contributed by atoms with van der Waals surface area (Å²) < 4.78 is 0. The maximum absolute atomic E-state index is 10.2. The van der Waals surface area contributed by atoms with Crippen LogP contribution in [0.3, 0.4) is 0 Å². The van der Waals surface area contributed by atoms with Crippen LogP contribution in [-0.4, -0.2) is 6.29 Å². The highest BCUT2D eigenvalue weighted by atomic mass is 16.1. The Hall–Kier alpha value is -0.590. The molecule has 154 valence electrons. The van der Waals surface area contributed by atoms with Crippen LogP contribution in [0, 0.1) is 0 Å². The lowest BCUT2D eigenvalue weighted by molar-refractivity contribution is -0.107. The minimum Gasteiger partial charge on any atom is -0.303 e. The van der Waals surface area contributed by atoms with E-state index in [-0.39, 0.29) is 0 Å². The quantitative estimate of drug-likeness (QED) is 0.106. The van der Waals surface area contributed by atoms with E-state index in [1.165, 1.54) is 122 Å². The van der Waals surface area contributed by atoms with E-state index in [9.17, 15) is 4.79 Å². The fraction of sp³-hybridized carbons (Fsp3) is 0.880. The summed E-state index contributed by atoms with van der Waals surface area (Å²) in [6.07, 6.45) is 34.0. The summed E-state index contributed by atoms with van der Waals surface area (Å²) in [7, 11) is 0. The number of hydrogen-bond donors (Lipinski definition) is 0. The van der Waals surface area contributed by atoms with Gasteiger partial charge in [-0.3, -0.25) is 0 Å². The first-order valence-corrected chi connectivity index (χ1v) is 12.0. The second-order valence-electron chi connectivity index (χ2n) is 8.01. The number of unbranched alkanes of at least 4 members (excludes halogenated alkanes) is 19. The van der Waals surface area contributed by atoms with Crippen molar-refractivity contribution in [2.24, 2.45) is 0 Å². The van der Waals surface area contributed by atoms with Crippen LogP contribution in [0.5, 0.6) is 0 Å². The average Bonchev–Trinajstić information content (AvgIpc) is 2.66. The number of rotatable bonds is 22. The highest BCUT2D eigenvalue weighted by Crippen LogP contribution is 2.13. The predicted octanol–water partition coefficient (Wildman–Crippen LogP) is 8.95. The second-order valence-corrected chi connectivity index (χ2v) is 8.01. The molecule has 0 rings (SSSR count). The molecule has 0 aliphatic carbocycles. The average molecular weight is 365 g/mol. The van der Waals surface area contributed by atoms with E-state index in [1.807, 2.05) is 0 Å². The summed E-state index contributed by atoms with van der Waals surface area (Å²) in [5, 5.41) is 0. The van der Waals surface area contributed by atoms with Crippen LogP contribution in [0.25, 0.3) is 0 Å². The summed E-state index contributed by atoms with van der Waals surface area (Å²) in [5.41, 5.74) is 0. The predicted molar refractivity (Wildman–Crippen MR) is 118 cm³/mol. The van der Waals surface area contributed by atoms with Gasteiger partial charge in [-0.25, -0.2) is 0 Å². The lowest BCUT2D eigenvalue weighted by atomic mass is 10.0. The van der Waals surface area contributed by atoms with Crippen LogP contribution in [0.4, 0.5) is 0 Å². The Morgan fingerprint density at radius 1 is 0.423 bits per heavy atom. The van der Waals surface area contributed by atoms with E-state index in [1.54, 1.807) is 0 Å². The molecule has 0 saturated heterocycles. The Bertz CT molecular complexity index is 282. The Morgan fingerprint density at radius 2 is 0.731 bits per heavy atom. The molecule has 0 spiro atoms. The van der Waals surface area contributed by atoms with Gasteiger partial charge >= 0.3 is 0 Å². The van der Waals surface area contributed by atoms with E-state index in [0.717, 1.165) is 19.1 Å². The van der Waals surface area contributed by atoms with E-state index in [0.29, 0.717) is 0 Å². The maximum Gasteiger partial charge on any atom is 0.119 e. The molecule has 0 bridgehead atoms. The molecule has 0 saturated carbocycles. The van der Waals surface area contributed by atoms with Gasteiger partial charge in [0, 0.05) is 6.42 Å². The molecule has 0 atom stereocenters. The highest BCUT2D eigenvalue weighted by Gasteiger charge is 1.94. The van der Waals surface area contributed by atoms with Gasteiger partial charge in [0.1, 0.15) is 6.29 Å². The van der Waals surface area contributed by atoms with Crippen molar-refractivity contribution in [2.75, 3.05) is 0 Å². The van der Waals surface area contributed by atoms with Crippen LogP contribution in [0.15, 0.2) is 12.2 Å². The van der Waals surface area contributed by atoms with Gasteiger partial charge in [0.2, 0.25) is 0 Å². The van der Waals surface area contributed by atoms with Gasteiger partial charge in [-0.15, -0.1) is 0 Å². The summed E-state index contributed by atoms with van der Waals surface area (Å²) >= 11 is 0. The Labute approximate surface area is 165 Å². The second kappa shape index (κ2) is 24.4. The van der Waals surface area contributed by atoms with Crippen molar-refractivity contribution < 1.29 is 4.79 Å². The van der Waals surface area contributed by atoms with Crippen molar-refractivity contribution in [2.45, 2.75) is 142 Å². The van der Waals surface area contributed by atoms with Gasteiger partial charge in [0.15, 0.2) is 0 Å². The van der Waals surface area contributed by atoms with Crippen LogP contribution < -0.4 is 0 Å². The lowest BCUT2D eigenvalue weighted by Crippen LogP contribution is -1.83. The third-order valence-corrected chi connectivity index (χ3v) is 5.33. The molecule has 1 nitrogen and oxygen atoms in total. The van der Waals surface area contributed by atoms with E-state index in [2.05, 4.69) is 19.1 Å². The normalized spacial score (nSPS) is 11.4. The molecular formula is C25H48O. The third-order valence-electron chi connectivity index (χ3n) is 5.33. The summed E-state index contributed by atoms with van der Waals surface area (Å²) in [6.45, 7) is 2.28. The minimum atomic E-state index is 0.759. The van der Waals surface area contributed by atoms with Gasteiger partial charge in [-0.2, -0.15) is 0 Å². The molecule has 0 amide bonds. The number of hydrogen-bond acceptors (Lipinski definition) is 1. The van der Waals surface area contributed by atoms with Crippen molar-refractivity contribution in [1.29, 1.82) is 0 Å². The lowest BCUT2D eigenvalue weighted by Gasteiger charge is -2.02. The van der Waals surface area contributed by atoms with Crippen molar-refractivity contribution in [3.05, 3.63) is 12.2 Å². The molecule has 0 N–H and O–H groups in total. The van der Waals surface area contributed by atoms with Crippen molar-refractivity contribution >= 4 is 6.29 Å².